The molecule has 0 atom stereocenters. The first-order valence-electron chi connectivity index (χ1n) is 6.09. The van der Waals surface area contributed by atoms with E-state index in [1.807, 2.05) is 0 Å². The van der Waals surface area contributed by atoms with Gasteiger partial charge in [-0.25, -0.2) is 4.98 Å². The molecular weight excluding hydrogens is 310 g/mol. The van der Waals surface area contributed by atoms with E-state index in [1.54, 1.807) is 17.3 Å². The molecule has 0 fully saturated rings. The maximum Gasteiger partial charge on any atom is 0.174 e. The smallest absolute Gasteiger partial charge is 0.174 e. The van der Waals surface area contributed by atoms with Gasteiger partial charge in [0.1, 0.15) is 10.7 Å². The summed E-state index contributed by atoms with van der Waals surface area (Å²) >= 11 is 9.47. The Labute approximate surface area is 130 Å². The van der Waals surface area contributed by atoms with Crippen LogP contribution in [0.1, 0.15) is 16.7 Å². The van der Waals surface area contributed by atoms with Crippen molar-refractivity contribution in [2.24, 2.45) is 0 Å². The summed E-state index contributed by atoms with van der Waals surface area (Å²) < 4.78 is 0.946. The lowest BCUT2D eigenvalue weighted by Gasteiger charge is -2.08. The highest BCUT2D eigenvalue weighted by Crippen LogP contribution is 2.30. The van der Waals surface area contributed by atoms with Crippen LogP contribution >= 0.6 is 34.7 Å². The zero-order valence-corrected chi connectivity index (χ0v) is 13.4. The van der Waals surface area contributed by atoms with Crippen molar-refractivity contribution < 1.29 is 0 Å². The highest BCUT2D eigenvalue weighted by atomic mass is 35.5. The molecule has 3 aromatic rings. The Hall–Kier alpha value is -1.17. The number of rotatable bonds is 3. The average Bonchev–Trinajstić information content (AvgIpc) is 2.95. The van der Waals surface area contributed by atoms with Gasteiger partial charge in [0.2, 0.25) is 0 Å². The number of nitrogens with zero attached hydrogens (tertiary/aromatic N) is 3. The van der Waals surface area contributed by atoms with Crippen LogP contribution in [-0.4, -0.2) is 15.2 Å². The molecule has 3 nitrogen and oxygen atoms in total. The van der Waals surface area contributed by atoms with Gasteiger partial charge in [-0.15, -0.1) is 10.2 Å². The summed E-state index contributed by atoms with van der Waals surface area (Å²) in [6.07, 6.45) is 0. The van der Waals surface area contributed by atoms with Crippen molar-refractivity contribution in [3.8, 4) is 0 Å². The minimum absolute atomic E-state index is 0.572. The molecule has 2 aromatic heterocycles. The molecule has 20 heavy (non-hydrogen) atoms. The van der Waals surface area contributed by atoms with Gasteiger partial charge in [0, 0.05) is 16.7 Å². The van der Waals surface area contributed by atoms with Crippen molar-refractivity contribution in [3.05, 3.63) is 45.6 Å². The lowest BCUT2D eigenvalue weighted by atomic mass is 10.0. The van der Waals surface area contributed by atoms with Crippen LogP contribution in [0.5, 0.6) is 0 Å². The average molecular weight is 322 g/mol. The largest absolute Gasteiger partial charge is 0.235 e. The predicted molar refractivity (Wildman–Crippen MR) is 85.7 cm³/mol. The predicted octanol–water partition coefficient (Wildman–Crippen LogP) is 4.65. The summed E-state index contributed by atoms with van der Waals surface area (Å²) in [5.74, 6) is 0.754. The van der Waals surface area contributed by atoms with Crippen molar-refractivity contribution in [2.45, 2.75) is 23.9 Å². The second-order valence-corrected chi connectivity index (χ2v) is 6.92. The van der Waals surface area contributed by atoms with Crippen LogP contribution in [0.2, 0.25) is 5.15 Å². The fraction of sp³-hybridized carbons (Fsp3) is 0.214. The van der Waals surface area contributed by atoms with Crippen LogP contribution in [-0.2, 0) is 5.75 Å². The van der Waals surface area contributed by atoms with E-state index in [4.69, 9.17) is 11.6 Å². The van der Waals surface area contributed by atoms with Crippen LogP contribution in [0.25, 0.3) is 10.9 Å². The van der Waals surface area contributed by atoms with Crippen molar-refractivity contribution in [1.29, 1.82) is 0 Å². The van der Waals surface area contributed by atoms with Gasteiger partial charge in [-0.05, 0) is 31.0 Å². The molecule has 0 bridgehead atoms. The van der Waals surface area contributed by atoms with Crippen LogP contribution in [0, 0.1) is 13.8 Å². The van der Waals surface area contributed by atoms with E-state index >= 15 is 0 Å². The Morgan fingerprint density at radius 2 is 2.15 bits per heavy atom. The molecule has 6 heteroatoms. The SMILES string of the molecule is Cc1ccc2cc(CSc3nncs3)c(Cl)nc2c1C. The Balaban J connectivity index is 1.96. The minimum atomic E-state index is 0.572. The Kier molecular flexibility index (Phi) is 3.92. The summed E-state index contributed by atoms with van der Waals surface area (Å²) in [7, 11) is 0. The molecule has 0 aliphatic rings. The molecule has 0 radical (unpaired) electrons. The van der Waals surface area contributed by atoms with E-state index in [9.17, 15) is 0 Å². The second kappa shape index (κ2) is 5.68. The molecule has 0 saturated heterocycles. The van der Waals surface area contributed by atoms with Crippen molar-refractivity contribution in [2.75, 3.05) is 0 Å². The van der Waals surface area contributed by atoms with Crippen LogP contribution in [0.4, 0.5) is 0 Å². The standard InChI is InChI=1S/C14H12ClN3S2/c1-8-3-4-10-5-11(6-19-14-18-16-7-20-14)13(15)17-12(10)9(8)2/h3-5,7H,6H2,1-2H3. The lowest BCUT2D eigenvalue weighted by Crippen LogP contribution is -1.92. The van der Waals surface area contributed by atoms with Crippen molar-refractivity contribution in [1.82, 2.24) is 15.2 Å². The first-order valence-corrected chi connectivity index (χ1v) is 8.34. The zero-order valence-electron chi connectivity index (χ0n) is 11.1. The molecule has 0 unspecified atom stereocenters. The van der Waals surface area contributed by atoms with Gasteiger partial charge in [0.25, 0.3) is 0 Å². The molecule has 1 aromatic carbocycles. The lowest BCUT2D eigenvalue weighted by molar-refractivity contribution is 1.01. The van der Waals surface area contributed by atoms with Gasteiger partial charge in [-0.2, -0.15) is 0 Å². The maximum atomic E-state index is 6.31. The second-order valence-electron chi connectivity index (χ2n) is 4.51. The van der Waals surface area contributed by atoms with Gasteiger partial charge in [-0.1, -0.05) is 46.8 Å². The van der Waals surface area contributed by atoms with E-state index in [2.05, 4.69) is 47.2 Å². The third-order valence-electron chi connectivity index (χ3n) is 3.23. The molecule has 3 rings (SSSR count). The van der Waals surface area contributed by atoms with Crippen molar-refractivity contribution >= 4 is 45.6 Å². The molecule has 0 saturated carbocycles. The quantitative estimate of drug-likeness (QED) is 0.520. The molecule has 0 spiro atoms. The zero-order chi connectivity index (χ0) is 14.1. The van der Waals surface area contributed by atoms with Gasteiger partial charge < -0.3 is 0 Å². The summed E-state index contributed by atoms with van der Waals surface area (Å²) in [5.41, 5.74) is 6.17. The maximum absolute atomic E-state index is 6.31. The monoisotopic (exact) mass is 321 g/mol. The van der Waals surface area contributed by atoms with Gasteiger partial charge >= 0.3 is 0 Å². The van der Waals surface area contributed by atoms with E-state index in [0.717, 1.165) is 26.6 Å². The minimum Gasteiger partial charge on any atom is -0.235 e. The molecule has 0 aliphatic heterocycles. The summed E-state index contributed by atoms with van der Waals surface area (Å²) in [5, 5.41) is 9.55. The Bertz CT molecular complexity index is 757. The van der Waals surface area contributed by atoms with Crippen LogP contribution in [0.15, 0.2) is 28.0 Å². The number of aromatic nitrogens is 3. The third kappa shape index (κ3) is 2.66. The van der Waals surface area contributed by atoms with Gasteiger partial charge in [-0.3, -0.25) is 0 Å². The van der Waals surface area contributed by atoms with Gasteiger partial charge in [0.05, 0.1) is 5.52 Å². The number of thioether (sulfide) groups is 1. The number of pyridine rings is 1. The highest BCUT2D eigenvalue weighted by molar-refractivity contribution is 8.00. The van der Waals surface area contributed by atoms with Crippen LogP contribution < -0.4 is 0 Å². The van der Waals surface area contributed by atoms with Gasteiger partial charge in [0.15, 0.2) is 4.34 Å². The number of aryl methyl sites for hydroxylation is 2. The molecule has 0 aliphatic carbocycles. The third-order valence-corrected chi connectivity index (χ3v) is 5.47. The van der Waals surface area contributed by atoms with Crippen molar-refractivity contribution in [3.63, 3.8) is 0 Å². The van der Waals surface area contributed by atoms with E-state index < -0.39 is 0 Å². The summed E-state index contributed by atoms with van der Waals surface area (Å²) in [6, 6.07) is 6.33. The number of hydrogen-bond acceptors (Lipinski definition) is 5. The fourth-order valence-corrected chi connectivity index (χ4v) is 3.72. The number of fused-ring (bicyclic) bond motifs is 1. The first-order chi connectivity index (χ1) is 9.65. The summed E-state index contributed by atoms with van der Waals surface area (Å²) in [6.45, 7) is 4.17. The normalized spacial score (nSPS) is 11.2. The molecule has 2 heterocycles. The molecule has 0 amide bonds. The highest BCUT2D eigenvalue weighted by Gasteiger charge is 2.09. The fourth-order valence-electron chi connectivity index (χ4n) is 1.97. The van der Waals surface area contributed by atoms with E-state index in [0.29, 0.717) is 5.15 Å². The Morgan fingerprint density at radius 3 is 2.90 bits per heavy atom. The number of hydrogen-bond donors (Lipinski definition) is 0. The van der Waals surface area contributed by atoms with E-state index in [1.165, 1.54) is 22.5 Å². The topological polar surface area (TPSA) is 38.7 Å². The Morgan fingerprint density at radius 1 is 1.30 bits per heavy atom. The molecular formula is C14H12ClN3S2. The summed E-state index contributed by atoms with van der Waals surface area (Å²) in [4.78, 5) is 4.56. The molecule has 0 N–H and O–H groups in total. The number of halogens is 1. The van der Waals surface area contributed by atoms with E-state index in [-0.39, 0.29) is 0 Å². The van der Waals surface area contributed by atoms with Crippen LogP contribution in [0.3, 0.4) is 0 Å². The number of benzene rings is 1. The molecule has 102 valence electrons. The first kappa shape index (κ1) is 13.8.